The zero-order valence-electron chi connectivity index (χ0n) is 18.4. The number of thiophene rings is 1. The highest BCUT2D eigenvalue weighted by Gasteiger charge is 2.45. The fourth-order valence-electron chi connectivity index (χ4n) is 4.65. The van der Waals surface area contributed by atoms with Crippen LogP contribution in [-0.4, -0.2) is 24.3 Å². The van der Waals surface area contributed by atoms with Crippen LogP contribution in [0.15, 0.2) is 66.0 Å². The highest BCUT2D eigenvalue weighted by Crippen LogP contribution is 2.43. The molecule has 0 bridgehead atoms. The first-order chi connectivity index (χ1) is 16.0. The molecule has 2 fully saturated rings. The van der Waals surface area contributed by atoms with E-state index < -0.39 is 5.92 Å². The van der Waals surface area contributed by atoms with Crippen LogP contribution in [0.3, 0.4) is 0 Å². The summed E-state index contributed by atoms with van der Waals surface area (Å²) in [5.41, 5.74) is 3.42. The minimum absolute atomic E-state index is 0.0553. The molecule has 2 aromatic carbocycles. The van der Waals surface area contributed by atoms with Crippen molar-refractivity contribution in [1.29, 1.82) is 0 Å². The van der Waals surface area contributed by atoms with Crippen molar-refractivity contribution < 1.29 is 14.4 Å². The number of aryl methyl sites for hydroxylation is 1. The van der Waals surface area contributed by atoms with Gasteiger partial charge in [-0.25, -0.2) is 0 Å². The predicted octanol–water partition coefficient (Wildman–Crippen LogP) is 4.92. The largest absolute Gasteiger partial charge is 0.326 e. The minimum Gasteiger partial charge on any atom is -0.326 e. The molecule has 2 aliphatic heterocycles. The van der Waals surface area contributed by atoms with Gasteiger partial charge in [0.2, 0.25) is 17.7 Å². The van der Waals surface area contributed by atoms with Gasteiger partial charge in [0.25, 0.3) is 0 Å². The first-order valence-corrected chi connectivity index (χ1v) is 12.0. The fourth-order valence-corrected chi connectivity index (χ4v) is 5.53. The molecule has 3 heterocycles. The molecule has 168 valence electrons. The van der Waals surface area contributed by atoms with Crippen molar-refractivity contribution in [2.75, 3.05) is 21.7 Å². The van der Waals surface area contributed by atoms with Crippen LogP contribution in [0.2, 0.25) is 0 Å². The Bertz CT molecular complexity index is 1170. The monoisotopic (exact) mass is 459 g/mol. The molecule has 0 spiro atoms. The number of rotatable bonds is 5. The molecular weight excluding hydrogens is 434 g/mol. The second-order valence-electron chi connectivity index (χ2n) is 8.56. The second-order valence-corrected chi connectivity index (χ2v) is 9.53. The summed E-state index contributed by atoms with van der Waals surface area (Å²) in [6.45, 7) is 2.74. The van der Waals surface area contributed by atoms with Gasteiger partial charge in [0, 0.05) is 41.3 Å². The number of nitrogens with zero attached hydrogens (tertiary/aromatic N) is 2. The summed E-state index contributed by atoms with van der Waals surface area (Å²) in [5, 5.41) is 4.96. The number of anilines is 3. The molecule has 0 radical (unpaired) electrons. The minimum atomic E-state index is -0.503. The molecule has 0 aliphatic carbocycles. The molecule has 2 saturated heterocycles. The Morgan fingerprint density at radius 2 is 1.70 bits per heavy atom. The fraction of sp³-hybridized carbons (Fsp3) is 0.269. The van der Waals surface area contributed by atoms with Gasteiger partial charge in [-0.2, -0.15) is 0 Å². The lowest BCUT2D eigenvalue weighted by Gasteiger charge is -2.27. The van der Waals surface area contributed by atoms with Crippen LogP contribution in [-0.2, 0) is 14.4 Å². The van der Waals surface area contributed by atoms with E-state index in [9.17, 15) is 14.4 Å². The standard InChI is InChI=1S/C26H25N3O3S/c1-17-6-10-20(11-7-17)29-24(31)16-21(25(29)22-4-3-15-33-22)26(32)27-18-8-12-19(13-9-18)28-14-2-5-23(28)30/h3-4,6-13,15,21,25H,2,5,14,16H2,1H3,(H,27,32)/t21-,25-/m1/s1. The Hall–Kier alpha value is -3.45. The quantitative estimate of drug-likeness (QED) is 0.589. The third-order valence-electron chi connectivity index (χ3n) is 6.33. The van der Waals surface area contributed by atoms with Gasteiger partial charge in [0.15, 0.2) is 0 Å². The molecule has 2 aliphatic rings. The number of nitrogens with one attached hydrogen (secondary N) is 1. The summed E-state index contributed by atoms with van der Waals surface area (Å²) in [6, 6.07) is 18.8. The zero-order chi connectivity index (χ0) is 22.9. The Labute approximate surface area is 196 Å². The lowest BCUT2D eigenvalue weighted by molar-refractivity contribution is -0.122. The summed E-state index contributed by atoms with van der Waals surface area (Å²) in [7, 11) is 0. The molecule has 0 saturated carbocycles. The molecule has 3 aromatic rings. The van der Waals surface area contributed by atoms with Gasteiger partial charge < -0.3 is 15.1 Å². The normalized spacial score (nSPS) is 20.5. The molecule has 5 rings (SSSR count). The Morgan fingerprint density at radius 3 is 2.33 bits per heavy atom. The molecule has 1 aromatic heterocycles. The highest BCUT2D eigenvalue weighted by atomic mass is 32.1. The number of hydrogen-bond acceptors (Lipinski definition) is 4. The Morgan fingerprint density at radius 1 is 0.970 bits per heavy atom. The number of hydrogen-bond donors (Lipinski definition) is 1. The maximum absolute atomic E-state index is 13.3. The maximum atomic E-state index is 13.3. The molecule has 2 atom stereocenters. The molecule has 6 nitrogen and oxygen atoms in total. The van der Waals surface area contributed by atoms with E-state index in [4.69, 9.17) is 0 Å². The second kappa shape index (κ2) is 8.83. The van der Waals surface area contributed by atoms with E-state index in [-0.39, 0.29) is 30.2 Å². The average Bonchev–Trinajstić information content (AvgIpc) is 3.55. The van der Waals surface area contributed by atoms with E-state index in [1.807, 2.05) is 73.0 Å². The molecule has 1 N–H and O–H groups in total. The van der Waals surface area contributed by atoms with E-state index in [0.29, 0.717) is 12.1 Å². The van der Waals surface area contributed by atoms with Crippen molar-refractivity contribution in [3.63, 3.8) is 0 Å². The number of benzene rings is 2. The van der Waals surface area contributed by atoms with Crippen LogP contribution in [0.5, 0.6) is 0 Å². The lowest BCUT2D eigenvalue weighted by Crippen LogP contribution is -2.32. The van der Waals surface area contributed by atoms with Gasteiger partial charge in [-0.3, -0.25) is 14.4 Å². The molecule has 3 amide bonds. The zero-order valence-corrected chi connectivity index (χ0v) is 19.2. The van der Waals surface area contributed by atoms with Crippen LogP contribution in [0.1, 0.15) is 35.7 Å². The summed E-state index contributed by atoms with van der Waals surface area (Å²) < 4.78 is 0. The van der Waals surface area contributed by atoms with E-state index in [2.05, 4.69) is 5.32 Å². The SMILES string of the molecule is Cc1ccc(N2C(=O)C[C@@H](C(=O)Nc3ccc(N4CCCC4=O)cc3)[C@@H]2c2cccs2)cc1. The number of carbonyl (C=O) groups is 3. The van der Waals surface area contributed by atoms with Gasteiger partial charge in [-0.15, -0.1) is 11.3 Å². The molecule has 0 unspecified atom stereocenters. The Kier molecular flexibility index (Phi) is 5.72. The van der Waals surface area contributed by atoms with Crippen LogP contribution in [0.25, 0.3) is 0 Å². The van der Waals surface area contributed by atoms with E-state index in [1.54, 1.807) is 21.1 Å². The van der Waals surface area contributed by atoms with Gasteiger partial charge in [0.05, 0.1) is 12.0 Å². The van der Waals surface area contributed by atoms with Crippen molar-refractivity contribution >= 4 is 46.1 Å². The van der Waals surface area contributed by atoms with Crippen molar-refractivity contribution in [2.45, 2.75) is 32.2 Å². The molecule has 33 heavy (non-hydrogen) atoms. The number of amides is 3. The van der Waals surface area contributed by atoms with Gasteiger partial charge in [-0.05, 0) is 61.2 Å². The van der Waals surface area contributed by atoms with Crippen molar-refractivity contribution in [2.24, 2.45) is 5.92 Å². The van der Waals surface area contributed by atoms with Gasteiger partial charge in [0.1, 0.15) is 0 Å². The summed E-state index contributed by atoms with van der Waals surface area (Å²) in [4.78, 5) is 42.9. The van der Waals surface area contributed by atoms with Gasteiger partial charge in [-0.1, -0.05) is 23.8 Å². The van der Waals surface area contributed by atoms with Crippen LogP contribution < -0.4 is 15.1 Å². The first-order valence-electron chi connectivity index (χ1n) is 11.1. The van der Waals surface area contributed by atoms with Gasteiger partial charge >= 0.3 is 0 Å². The van der Waals surface area contributed by atoms with E-state index >= 15 is 0 Å². The van der Waals surface area contributed by atoms with Crippen LogP contribution >= 0.6 is 11.3 Å². The third-order valence-corrected chi connectivity index (χ3v) is 7.27. The van der Waals surface area contributed by atoms with Crippen LogP contribution in [0, 0.1) is 12.8 Å². The van der Waals surface area contributed by atoms with E-state index in [0.717, 1.165) is 34.8 Å². The van der Waals surface area contributed by atoms with Crippen LogP contribution in [0.4, 0.5) is 17.1 Å². The highest BCUT2D eigenvalue weighted by molar-refractivity contribution is 7.10. The summed E-state index contributed by atoms with van der Waals surface area (Å²) in [5.74, 6) is -0.606. The molecular formula is C26H25N3O3S. The summed E-state index contributed by atoms with van der Waals surface area (Å²) in [6.07, 6.45) is 1.60. The maximum Gasteiger partial charge on any atom is 0.230 e. The predicted molar refractivity (Wildman–Crippen MR) is 130 cm³/mol. The first kappa shape index (κ1) is 21.4. The number of carbonyl (C=O) groups excluding carboxylic acids is 3. The molecule has 7 heteroatoms. The lowest BCUT2D eigenvalue weighted by atomic mass is 9.97. The van der Waals surface area contributed by atoms with Crippen molar-refractivity contribution in [3.8, 4) is 0 Å². The van der Waals surface area contributed by atoms with Crippen molar-refractivity contribution in [1.82, 2.24) is 0 Å². The third kappa shape index (κ3) is 4.16. The van der Waals surface area contributed by atoms with E-state index in [1.165, 1.54) is 0 Å². The van der Waals surface area contributed by atoms with Crippen molar-refractivity contribution in [3.05, 3.63) is 76.5 Å². The summed E-state index contributed by atoms with van der Waals surface area (Å²) >= 11 is 1.56. The average molecular weight is 460 g/mol. The topological polar surface area (TPSA) is 69.7 Å². The smallest absolute Gasteiger partial charge is 0.230 e. The Balaban J connectivity index is 1.38.